The van der Waals surface area contributed by atoms with Crippen LogP contribution in [0.4, 0.5) is 0 Å². The van der Waals surface area contributed by atoms with E-state index >= 15 is 0 Å². The van der Waals surface area contributed by atoms with Crippen LogP contribution in [0.3, 0.4) is 0 Å². The lowest BCUT2D eigenvalue weighted by Crippen LogP contribution is -1.66. The predicted molar refractivity (Wildman–Crippen MR) is 156 cm³/mol. The Kier molecular flexibility index (Phi) is 21.3. The molecule has 0 spiro atoms. The van der Waals surface area contributed by atoms with Crippen molar-refractivity contribution in [3.8, 4) is 0 Å². The molecule has 0 N–H and O–H groups in total. The lowest BCUT2D eigenvalue weighted by molar-refractivity contribution is 0.602. The van der Waals surface area contributed by atoms with E-state index in [0.717, 1.165) is 40.3 Å². The molecule has 34 heavy (non-hydrogen) atoms. The molecule has 0 saturated heterocycles. The summed E-state index contributed by atoms with van der Waals surface area (Å²) in [5.74, 6) is 3.33. The Labute approximate surface area is 214 Å². The van der Waals surface area contributed by atoms with E-state index in [9.17, 15) is 0 Å². The smallest absolute Gasteiger partial charge is 0.181 e. The quantitative estimate of drug-likeness (QED) is 0.248. The SMILES string of the molecule is CC(C)C.CC(C)C.CC(C)C.CC(C)C.c1ccc2ocnc2c1.c1ccc2scnc2c1. The highest BCUT2D eigenvalue weighted by Gasteiger charge is 1.91. The molecule has 2 aromatic heterocycles. The molecule has 0 amide bonds. The normalized spacial score (nSPS) is 9.65. The number of nitrogens with zero attached hydrogens (tertiary/aromatic N) is 2. The van der Waals surface area contributed by atoms with Gasteiger partial charge in [0.15, 0.2) is 12.0 Å². The van der Waals surface area contributed by atoms with Crippen LogP contribution in [0.25, 0.3) is 21.3 Å². The Morgan fingerprint density at radius 3 is 1.41 bits per heavy atom. The lowest BCUT2D eigenvalue weighted by atomic mass is 10.3. The van der Waals surface area contributed by atoms with Crippen molar-refractivity contribution < 1.29 is 4.42 Å². The molecule has 0 atom stereocenters. The van der Waals surface area contributed by atoms with Crippen LogP contribution in [0.5, 0.6) is 0 Å². The Morgan fingerprint density at radius 2 is 0.971 bits per heavy atom. The molecule has 2 aromatic carbocycles. The van der Waals surface area contributed by atoms with Crippen LogP contribution in [0.2, 0.25) is 0 Å². The number of benzene rings is 2. The van der Waals surface area contributed by atoms with Gasteiger partial charge in [0.1, 0.15) is 5.52 Å². The summed E-state index contributed by atoms with van der Waals surface area (Å²) >= 11 is 1.68. The first-order chi connectivity index (χ1) is 15.9. The van der Waals surface area contributed by atoms with E-state index in [1.807, 2.05) is 48.0 Å². The molecule has 2 heterocycles. The van der Waals surface area contributed by atoms with Gasteiger partial charge in [-0.25, -0.2) is 9.97 Å². The number of thiazole rings is 1. The fourth-order valence-electron chi connectivity index (χ4n) is 1.61. The van der Waals surface area contributed by atoms with Crippen molar-refractivity contribution in [3.05, 3.63) is 60.4 Å². The number of fused-ring (bicyclic) bond motifs is 2. The lowest BCUT2D eigenvalue weighted by Gasteiger charge is -1.80. The van der Waals surface area contributed by atoms with Crippen LogP contribution in [0.15, 0.2) is 64.9 Å². The average molecular weight is 487 g/mol. The summed E-state index contributed by atoms with van der Waals surface area (Å²) in [4.78, 5) is 8.09. The fourth-order valence-corrected chi connectivity index (χ4v) is 2.29. The Balaban J connectivity index is 0. The second-order valence-corrected chi connectivity index (χ2v) is 11.5. The zero-order chi connectivity index (χ0) is 26.5. The molecule has 0 radical (unpaired) electrons. The molecule has 0 aliphatic rings. The minimum atomic E-state index is 0.833. The van der Waals surface area contributed by atoms with Crippen LogP contribution in [-0.4, -0.2) is 9.97 Å². The van der Waals surface area contributed by atoms with Gasteiger partial charge < -0.3 is 4.42 Å². The molecule has 0 unspecified atom stereocenters. The van der Waals surface area contributed by atoms with Crippen molar-refractivity contribution in [2.75, 3.05) is 0 Å². The third-order valence-electron chi connectivity index (χ3n) is 2.47. The van der Waals surface area contributed by atoms with Crippen molar-refractivity contribution >= 4 is 32.7 Å². The molecule has 192 valence electrons. The van der Waals surface area contributed by atoms with Gasteiger partial charge in [-0.3, -0.25) is 0 Å². The Bertz CT molecular complexity index is 777. The maximum Gasteiger partial charge on any atom is 0.181 e. The predicted octanol–water partition coefficient (Wildman–Crippen LogP) is 10.8. The number of hydrogen-bond donors (Lipinski definition) is 0. The molecule has 0 saturated carbocycles. The molecule has 0 aliphatic heterocycles. The van der Waals surface area contributed by atoms with Crippen LogP contribution < -0.4 is 0 Å². The maximum atomic E-state index is 5.01. The van der Waals surface area contributed by atoms with E-state index < -0.39 is 0 Å². The van der Waals surface area contributed by atoms with Gasteiger partial charge in [0.25, 0.3) is 0 Å². The minimum Gasteiger partial charge on any atom is -0.443 e. The standard InChI is InChI=1S/C7H5NO.C7H5NS.4C4H10/c2*1-2-4-7-6(3-1)8-5-9-7;4*1-4(2)3/h2*1-5H;4*4H,1-3H3. The topological polar surface area (TPSA) is 38.9 Å². The highest BCUT2D eigenvalue weighted by atomic mass is 32.1. The monoisotopic (exact) mass is 486 g/mol. The van der Waals surface area contributed by atoms with E-state index in [0.29, 0.717) is 0 Å². The number of hydrogen-bond acceptors (Lipinski definition) is 4. The number of oxazole rings is 1. The number of rotatable bonds is 0. The number of aromatic nitrogens is 2. The molecule has 4 rings (SSSR count). The van der Waals surface area contributed by atoms with Crippen LogP contribution >= 0.6 is 11.3 Å². The van der Waals surface area contributed by atoms with Crippen molar-refractivity contribution in [3.63, 3.8) is 0 Å². The largest absolute Gasteiger partial charge is 0.443 e. The van der Waals surface area contributed by atoms with Crippen LogP contribution in [0, 0.1) is 23.7 Å². The van der Waals surface area contributed by atoms with Gasteiger partial charge in [-0.1, -0.05) is 107 Å². The van der Waals surface area contributed by atoms with Gasteiger partial charge in [-0.15, -0.1) is 11.3 Å². The minimum absolute atomic E-state index is 0.833. The summed E-state index contributed by atoms with van der Waals surface area (Å²) in [6.07, 6.45) is 1.45. The van der Waals surface area contributed by atoms with E-state index in [1.54, 1.807) is 11.3 Å². The molecule has 0 bridgehead atoms. The summed E-state index contributed by atoms with van der Waals surface area (Å²) in [6.45, 7) is 26.0. The van der Waals surface area contributed by atoms with Crippen molar-refractivity contribution in [1.29, 1.82) is 0 Å². The summed E-state index contributed by atoms with van der Waals surface area (Å²) < 4.78 is 6.27. The Morgan fingerprint density at radius 1 is 0.559 bits per heavy atom. The van der Waals surface area contributed by atoms with Gasteiger partial charge in [0.2, 0.25) is 0 Å². The molecule has 4 aromatic rings. The second kappa shape index (κ2) is 21.3. The zero-order valence-electron chi connectivity index (χ0n) is 23.8. The summed E-state index contributed by atoms with van der Waals surface area (Å²) in [6, 6.07) is 15.8. The molecule has 4 heteroatoms. The maximum absolute atomic E-state index is 5.01. The highest BCUT2D eigenvalue weighted by Crippen LogP contribution is 2.15. The third-order valence-corrected chi connectivity index (χ3v) is 3.28. The van der Waals surface area contributed by atoms with Crippen molar-refractivity contribution in [2.24, 2.45) is 23.7 Å². The summed E-state index contributed by atoms with van der Waals surface area (Å²) in [5, 5.41) is 0. The summed E-state index contributed by atoms with van der Waals surface area (Å²) in [7, 11) is 0. The van der Waals surface area contributed by atoms with Crippen molar-refractivity contribution in [1.82, 2.24) is 9.97 Å². The van der Waals surface area contributed by atoms with E-state index in [2.05, 4.69) is 99.1 Å². The van der Waals surface area contributed by atoms with Gasteiger partial charge in [0, 0.05) is 0 Å². The fraction of sp³-hybridized carbons (Fsp3) is 0.533. The van der Waals surface area contributed by atoms with Crippen LogP contribution in [0.1, 0.15) is 83.1 Å². The first-order valence-corrected chi connectivity index (χ1v) is 13.3. The van der Waals surface area contributed by atoms with E-state index in [-0.39, 0.29) is 0 Å². The van der Waals surface area contributed by atoms with E-state index in [1.165, 1.54) is 11.1 Å². The van der Waals surface area contributed by atoms with Gasteiger partial charge in [-0.2, -0.15) is 0 Å². The molecular formula is C30H50N2OS. The van der Waals surface area contributed by atoms with Gasteiger partial charge in [0.05, 0.1) is 15.7 Å². The first-order valence-electron chi connectivity index (χ1n) is 12.4. The molecule has 0 aliphatic carbocycles. The second-order valence-electron chi connectivity index (χ2n) is 10.6. The van der Waals surface area contributed by atoms with Crippen molar-refractivity contribution in [2.45, 2.75) is 83.1 Å². The third kappa shape index (κ3) is 24.4. The van der Waals surface area contributed by atoms with Gasteiger partial charge in [-0.05, 0) is 47.9 Å². The summed E-state index contributed by atoms with van der Waals surface area (Å²) in [5.41, 5.74) is 4.72. The van der Waals surface area contributed by atoms with E-state index in [4.69, 9.17) is 4.42 Å². The molecule has 3 nitrogen and oxygen atoms in total. The highest BCUT2D eigenvalue weighted by molar-refractivity contribution is 7.16. The zero-order valence-corrected chi connectivity index (χ0v) is 24.6. The van der Waals surface area contributed by atoms with Crippen LogP contribution in [-0.2, 0) is 0 Å². The first kappa shape index (κ1) is 34.0. The molecular weight excluding hydrogens is 436 g/mol. The van der Waals surface area contributed by atoms with Gasteiger partial charge >= 0.3 is 0 Å². The average Bonchev–Trinajstić information content (AvgIpc) is 3.36. The Hall–Kier alpha value is -2.20. The number of para-hydroxylation sites is 3. The molecule has 0 fully saturated rings.